The molecule has 2 unspecified atom stereocenters. The number of benzene rings is 2. The maximum atomic E-state index is 12.6. The lowest BCUT2D eigenvalue weighted by atomic mass is 9.76. The van der Waals surface area contributed by atoms with Gasteiger partial charge in [-0.15, -0.1) is 0 Å². The minimum atomic E-state index is -0.557. The van der Waals surface area contributed by atoms with Crippen molar-refractivity contribution in [3.8, 4) is 5.75 Å². The predicted molar refractivity (Wildman–Crippen MR) is 103 cm³/mol. The van der Waals surface area contributed by atoms with Gasteiger partial charge < -0.3 is 10.1 Å². The predicted octanol–water partition coefficient (Wildman–Crippen LogP) is 3.90. The first-order valence-electron chi connectivity index (χ1n) is 8.09. The van der Waals surface area contributed by atoms with Gasteiger partial charge in [0.1, 0.15) is 11.9 Å². The Morgan fingerprint density at radius 3 is 2.76 bits per heavy atom. The van der Waals surface area contributed by atoms with Crippen LogP contribution in [-0.4, -0.2) is 23.0 Å². The van der Waals surface area contributed by atoms with E-state index in [1.807, 2.05) is 36.4 Å². The van der Waals surface area contributed by atoms with E-state index in [-0.39, 0.29) is 12.0 Å². The number of amides is 1. The van der Waals surface area contributed by atoms with E-state index in [0.717, 1.165) is 21.3 Å². The van der Waals surface area contributed by atoms with Crippen molar-refractivity contribution in [2.24, 2.45) is 0 Å². The summed E-state index contributed by atoms with van der Waals surface area (Å²) in [7, 11) is 1.71. The van der Waals surface area contributed by atoms with E-state index in [2.05, 4.69) is 33.4 Å². The second-order valence-electron chi connectivity index (χ2n) is 6.50. The largest absolute Gasteiger partial charge is 0.485 e. The topological polar surface area (TPSA) is 41.6 Å². The number of nitrogens with one attached hydrogen (secondary N) is 1. The SMILES string of the molecule is CN1C(=O)CC2(CC(c3ccccc3)Oc3ccc(Br)cc32)NC1=S. The normalized spacial score (nSPS) is 25.4. The maximum Gasteiger partial charge on any atom is 0.231 e. The number of carbonyl (C=O) groups is 1. The highest BCUT2D eigenvalue weighted by atomic mass is 79.9. The number of ether oxygens (including phenoxy) is 1. The van der Waals surface area contributed by atoms with Crippen molar-refractivity contribution in [1.29, 1.82) is 0 Å². The molecule has 1 saturated heterocycles. The zero-order chi connectivity index (χ0) is 17.6. The van der Waals surface area contributed by atoms with Gasteiger partial charge in [-0.2, -0.15) is 0 Å². The van der Waals surface area contributed by atoms with Crippen LogP contribution < -0.4 is 10.1 Å². The Kier molecular flexibility index (Phi) is 4.04. The Bertz CT molecular complexity index is 838. The molecule has 2 aromatic rings. The lowest BCUT2D eigenvalue weighted by Crippen LogP contribution is -2.60. The Labute approximate surface area is 160 Å². The summed E-state index contributed by atoms with van der Waals surface area (Å²) in [5.41, 5.74) is 1.51. The van der Waals surface area contributed by atoms with Gasteiger partial charge >= 0.3 is 0 Å². The standard InChI is InChI=1S/C19H17BrN2O2S/c1-22-17(23)11-19(21-18(22)25)10-16(12-5-3-2-4-6-12)24-15-8-7-13(20)9-14(15)19/h2-9,16H,10-11H2,1H3,(H,21,25). The number of rotatable bonds is 1. The highest BCUT2D eigenvalue weighted by Gasteiger charge is 2.48. The minimum Gasteiger partial charge on any atom is -0.485 e. The smallest absolute Gasteiger partial charge is 0.231 e. The zero-order valence-electron chi connectivity index (χ0n) is 13.7. The first-order valence-corrected chi connectivity index (χ1v) is 9.29. The molecule has 2 aliphatic rings. The van der Waals surface area contributed by atoms with E-state index >= 15 is 0 Å². The van der Waals surface area contributed by atoms with E-state index in [9.17, 15) is 4.79 Å². The van der Waals surface area contributed by atoms with E-state index in [0.29, 0.717) is 18.0 Å². The van der Waals surface area contributed by atoms with Crippen LogP contribution in [-0.2, 0) is 10.3 Å². The van der Waals surface area contributed by atoms with E-state index in [1.165, 1.54) is 4.90 Å². The van der Waals surface area contributed by atoms with Crippen LogP contribution in [0.1, 0.15) is 30.1 Å². The number of carbonyl (C=O) groups excluding carboxylic acids is 1. The number of hydrogen-bond donors (Lipinski definition) is 1. The molecule has 0 aromatic heterocycles. The van der Waals surface area contributed by atoms with Gasteiger partial charge in [0.25, 0.3) is 0 Å². The summed E-state index contributed by atoms with van der Waals surface area (Å²) in [5.74, 6) is 0.805. The molecule has 1 fully saturated rings. The second-order valence-corrected chi connectivity index (χ2v) is 7.81. The molecule has 2 aromatic carbocycles. The van der Waals surface area contributed by atoms with Crippen LogP contribution in [0.25, 0.3) is 0 Å². The Hall–Kier alpha value is -1.92. The van der Waals surface area contributed by atoms with Crippen LogP contribution >= 0.6 is 28.1 Å². The molecule has 4 rings (SSSR count). The Balaban J connectivity index is 1.83. The van der Waals surface area contributed by atoms with Crippen LogP contribution in [0.15, 0.2) is 53.0 Å². The highest BCUT2D eigenvalue weighted by Crippen LogP contribution is 2.48. The fourth-order valence-corrected chi connectivity index (χ4v) is 4.22. The summed E-state index contributed by atoms with van der Waals surface area (Å²) in [6.07, 6.45) is 0.848. The molecule has 25 heavy (non-hydrogen) atoms. The fourth-order valence-electron chi connectivity index (χ4n) is 3.56. The van der Waals surface area contributed by atoms with Crippen molar-refractivity contribution < 1.29 is 9.53 Å². The molecule has 0 saturated carbocycles. The molecule has 1 spiro atoms. The summed E-state index contributed by atoms with van der Waals surface area (Å²) in [6.45, 7) is 0. The minimum absolute atomic E-state index is 0.0170. The number of nitrogens with zero attached hydrogens (tertiary/aromatic N) is 1. The van der Waals surface area contributed by atoms with Gasteiger partial charge in [-0.1, -0.05) is 46.3 Å². The van der Waals surface area contributed by atoms with Crippen LogP contribution in [0, 0.1) is 0 Å². The van der Waals surface area contributed by atoms with Gasteiger partial charge in [0.15, 0.2) is 5.11 Å². The van der Waals surface area contributed by atoms with Crippen LogP contribution in [0.5, 0.6) is 5.75 Å². The van der Waals surface area contributed by atoms with Crippen molar-refractivity contribution in [3.63, 3.8) is 0 Å². The van der Waals surface area contributed by atoms with Crippen molar-refractivity contribution in [3.05, 3.63) is 64.1 Å². The number of fused-ring (bicyclic) bond motifs is 2. The number of hydrogen-bond acceptors (Lipinski definition) is 3. The van der Waals surface area contributed by atoms with Crippen molar-refractivity contribution in [2.45, 2.75) is 24.5 Å². The Morgan fingerprint density at radius 1 is 1.28 bits per heavy atom. The monoisotopic (exact) mass is 416 g/mol. The molecule has 2 aliphatic heterocycles. The maximum absolute atomic E-state index is 12.6. The van der Waals surface area contributed by atoms with Gasteiger partial charge in [0.2, 0.25) is 5.91 Å². The first kappa shape index (κ1) is 16.5. The second kappa shape index (κ2) is 6.11. The summed E-state index contributed by atoms with van der Waals surface area (Å²) in [6, 6.07) is 16.0. The highest BCUT2D eigenvalue weighted by molar-refractivity contribution is 9.10. The van der Waals surface area contributed by atoms with Crippen molar-refractivity contribution >= 4 is 39.2 Å². The molecule has 1 N–H and O–H groups in total. The van der Waals surface area contributed by atoms with Crippen LogP contribution in [0.2, 0.25) is 0 Å². The molecular formula is C19H17BrN2O2S. The van der Waals surface area contributed by atoms with Crippen molar-refractivity contribution in [2.75, 3.05) is 7.05 Å². The van der Waals surface area contributed by atoms with E-state index in [1.54, 1.807) is 7.05 Å². The average molecular weight is 417 g/mol. The summed E-state index contributed by atoms with van der Waals surface area (Å²) < 4.78 is 7.22. The third-order valence-electron chi connectivity index (χ3n) is 4.91. The Morgan fingerprint density at radius 2 is 2.04 bits per heavy atom. The lowest BCUT2D eigenvalue weighted by Gasteiger charge is -2.47. The van der Waals surface area contributed by atoms with Gasteiger partial charge in [-0.05, 0) is 36.0 Å². The molecule has 2 atom stereocenters. The van der Waals surface area contributed by atoms with E-state index < -0.39 is 5.54 Å². The van der Waals surface area contributed by atoms with Crippen LogP contribution in [0.3, 0.4) is 0 Å². The summed E-state index contributed by atoms with van der Waals surface area (Å²) in [4.78, 5) is 14.1. The molecule has 2 heterocycles. The summed E-state index contributed by atoms with van der Waals surface area (Å²) in [5, 5.41) is 3.89. The fraction of sp³-hybridized carbons (Fsp3) is 0.263. The van der Waals surface area contributed by atoms with Crippen molar-refractivity contribution in [1.82, 2.24) is 10.2 Å². The molecule has 0 aliphatic carbocycles. The zero-order valence-corrected chi connectivity index (χ0v) is 16.1. The third kappa shape index (κ3) is 2.83. The number of thiocarbonyl (C=S) groups is 1. The molecule has 128 valence electrons. The van der Waals surface area contributed by atoms with E-state index in [4.69, 9.17) is 17.0 Å². The average Bonchev–Trinajstić information content (AvgIpc) is 2.61. The molecule has 0 bridgehead atoms. The molecular weight excluding hydrogens is 400 g/mol. The van der Waals surface area contributed by atoms with Gasteiger partial charge in [-0.3, -0.25) is 9.69 Å². The van der Waals surface area contributed by atoms with Gasteiger partial charge in [-0.25, -0.2) is 0 Å². The first-order chi connectivity index (χ1) is 12.0. The lowest BCUT2D eigenvalue weighted by molar-refractivity contribution is -0.130. The van der Waals surface area contributed by atoms with Crippen LogP contribution in [0.4, 0.5) is 0 Å². The quantitative estimate of drug-likeness (QED) is 0.715. The van der Waals surface area contributed by atoms with Gasteiger partial charge in [0, 0.05) is 23.5 Å². The molecule has 1 amide bonds. The molecule has 6 heteroatoms. The molecule has 0 radical (unpaired) electrons. The molecule has 4 nitrogen and oxygen atoms in total. The third-order valence-corrected chi connectivity index (χ3v) is 5.78. The van der Waals surface area contributed by atoms with Gasteiger partial charge in [0.05, 0.1) is 12.0 Å². The summed E-state index contributed by atoms with van der Waals surface area (Å²) >= 11 is 8.95. The number of halogens is 1.